The van der Waals surface area contributed by atoms with Crippen LogP contribution >= 0.6 is 35.7 Å². The predicted octanol–water partition coefficient (Wildman–Crippen LogP) is 3.42. The standard InChI is InChI=1S/C19H35N3O2S.HI/c1-4-24-16-13-15(19(16)7-5-6-8-19)22-17(20-2)21-14-18(25-3)9-11-23-12-10-18;/h15-16H,4-14H2,1-3H3,(H2,20,21,22);1H. The number of ether oxygens (including phenoxy) is 2. The van der Waals surface area contributed by atoms with Gasteiger partial charge in [-0.15, -0.1) is 24.0 Å². The van der Waals surface area contributed by atoms with Gasteiger partial charge in [-0.3, -0.25) is 4.99 Å². The van der Waals surface area contributed by atoms with Crippen molar-refractivity contribution in [3.8, 4) is 0 Å². The first-order valence-corrected chi connectivity index (χ1v) is 11.1. The van der Waals surface area contributed by atoms with Crippen LogP contribution in [0.2, 0.25) is 0 Å². The largest absolute Gasteiger partial charge is 0.381 e. The van der Waals surface area contributed by atoms with E-state index in [-0.39, 0.29) is 28.7 Å². The average molecular weight is 497 g/mol. The van der Waals surface area contributed by atoms with Crippen molar-refractivity contribution in [3.63, 3.8) is 0 Å². The molecule has 1 heterocycles. The average Bonchev–Trinajstić information content (AvgIpc) is 3.17. The summed E-state index contributed by atoms with van der Waals surface area (Å²) in [5.41, 5.74) is 0.337. The summed E-state index contributed by atoms with van der Waals surface area (Å²) in [6, 6.07) is 0.498. The second kappa shape index (κ2) is 10.2. The molecule has 152 valence electrons. The molecule has 3 fully saturated rings. The molecule has 3 rings (SSSR count). The fourth-order valence-electron chi connectivity index (χ4n) is 4.89. The third kappa shape index (κ3) is 4.63. The highest BCUT2D eigenvalue weighted by Crippen LogP contribution is 2.54. The van der Waals surface area contributed by atoms with Crippen LogP contribution in [0.1, 0.15) is 51.9 Å². The number of rotatable bonds is 6. The van der Waals surface area contributed by atoms with Crippen molar-refractivity contribution in [1.29, 1.82) is 0 Å². The Morgan fingerprint density at radius 2 is 1.92 bits per heavy atom. The molecule has 1 saturated heterocycles. The van der Waals surface area contributed by atoms with Crippen molar-refractivity contribution in [3.05, 3.63) is 0 Å². The summed E-state index contributed by atoms with van der Waals surface area (Å²) in [6.07, 6.45) is 11.2. The van der Waals surface area contributed by atoms with Gasteiger partial charge in [0.2, 0.25) is 0 Å². The van der Waals surface area contributed by atoms with E-state index in [4.69, 9.17) is 9.47 Å². The van der Waals surface area contributed by atoms with Gasteiger partial charge >= 0.3 is 0 Å². The topological polar surface area (TPSA) is 54.9 Å². The van der Waals surface area contributed by atoms with Gasteiger partial charge in [-0.2, -0.15) is 11.8 Å². The highest BCUT2D eigenvalue weighted by Gasteiger charge is 2.57. The molecule has 7 heteroatoms. The SMILES string of the molecule is CCOC1CC(NC(=NC)NCC2(SC)CCOCC2)C12CCCC2.I. The Morgan fingerprint density at radius 1 is 1.23 bits per heavy atom. The third-order valence-electron chi connectivity index (χ3n) is 6.64. The first-order valence-electron chi connectivity index (χ1n) is 9.90. The van der Waals surface area contributed by atoms with Gasteiger partial charge in [0, 0.05) is 49.6 Å². The zero-order valence-corrected chi connectivity index (χ0v) is 19.7. The molecule has 0 bridgehead atoms. The first kappa shape index (κ1) is 22.6. The van der Waals surface area contributed by atoms with Crippen LogP contribution in [0.15, 0.2) is 4.99 Å². The van der Waals surface area contributed by atoms with Crippen molar-refractivity contribution in [2.24, 2.45) is 10.4 Å². The minimum atomic E-state index is 0. The number of nitrogens with one attached hydrogen (secondary N) is 2. The van der Waals surface area contributed by atoms with Gasteiger partial charge in [0.25, 0.3) is 0 Å². The smallest absolute Gasteiger partial charge is 0.191 e. The van der Waals surface area contributed by atoms with Crippen molar-refractivity contribution in [2.75, 3.05) is 39.7 Å². The molecule has 26 heavy (non-hydrogen) atoms. The van der Waals surface area contributed by atoms with Gasteiger partial charge in [-0.25, -0.2) is 0 Å². The van der Waals surface area contributed by atoms with E-state index >= 15 is 0 Å². The summed E-state index contributed by atoms with van der Waals surface area (Å²) >= 11 is 1.96. The van der Waals surface area contributed by atoms with Gasteiger partial charge in [0.15, 0.2) is 5.96 Å². The lowest BCUT2D eigenvalue weighted by Crippen LogP contribution is -2.65. The number of hydrogen-bond acceptors (Lipinski definition) is 4. The van der Waals surface area contributed by atoms with Crippen molar-refractivity contribution >= 4 is 41.7 Å². The van der Waals surface area contributed by atoms with E-state index in [2.05, 4.69) is 28.8 Å². The molecule has 2 aliphatic carbocycles. The lowest BCUT2D eigenvalue weighted by molar-refractivity contribution is -0.125. The van der Waals surface area contributed by atoms with E-state index in [1.807, 2.05) is 18.8 Å². The molecule has 2 unspecified atom stereocenters. The van der Waals surface area contributed by atoms with Gasteiger partial charge in [0.1, 0.15) is 0 Å². The summed E-state index contributed by atoms with van der Waals surface area (Å²) < 4.78 is 11.9. The molecule has 0 amide bonds. The Balaban J connectivity index is 0.00000243. The highest BCUT2D eigenvalue weighted by atomic mass is 127. The van der Waals surface area contributed by atoms with Crippen LogP contribution in [-0.4, -0.2) is 62.5 Å². The summed E-state index contributed by atoms with van der Waals surface area (Å²) in [6.45, 7) is 5.63. The van der Waals surface area contributed by atoms with E-state index in [0.29, 0.717) is 17.6 Å². The zero-order chi connectivity index (χ0) is 17.8. The normalized spacial score (nSPS) is 29.7. The molecule has 1 aliphatic heterocycles. The summed E-state index contributed by atoms with van der Waals surface area (Å²) in [5.74, 6) is 0.950. The quantitative estimate of drug-likeness (QED) is 0.335. The van der Waals surface area contributed by atoms with Crippen LogP contribution in [0.5, 0.6) is 0 Å². The maximum absolute atomic E-state index is 6.03. The molecule has 2 atom stereocenters. The van der Waals surface area contributed by atoms with E-state index in [9.17, 15) is 0 Å². The molecule has 2 N–H and O–H groups in total. The van der Waals surface area contributed by atoms with E-state index in [1.165, 1.54) is 25.7 Å². The highest BCUT2D eigenvalue weighted by molar-refractivity contribution is 14.0. The lowest BCUT2D eigenvalue weighted by atomic mass is 9.60. The molecule has 3 aliphatic rings. The molecule has 5 nitrogen and oxygen atoms in total. The first-order chi connectivity index (χ1) is 12.2. The maximum atomic E-state index is 6.03. The van der Waals surface area contributed by atoms with Gasteiger partial charge in [-0.05, 0) is 45.3 Å². The van der Waals surface area contributed by atoms with Gasteiger partial charge in [-0.1, -0.05) is 12.8 Å². The Bertz CT molecular complexity index is 466. The molecule has 1 spiro atoms. The van der Waals surface area contributed by atoms with Crippen LogP contribution < -0.4 is 10.6 Å². The number of halogens is 1. The summed E-state index contributed by atoms with van der Waals surface area (Å²) in [5, 5.41) is 7.33. The molecule has 0 aromatic heterocycles. The van der Waals surface area contributed by atoms with Crippen LogP contribution in [0.25, 0.3) is 0 Å². The second-order valence-electron chi connectivity index (χ2n) is 7.74. The third-order valence-corrected chi connectivity index (χ3v) is 8.06. The minimum Gasteiger partial charge on any atom is -0.381 e. The lowest BCUT2D eigenvalue weighted by Gasteiger charge is -2.54. The Kier molecular flexibility index (Phi) is 8.82. The molecular weight excluding hydrogens is 461 g/mol. The second-order valence-corrected chi connectivity index (χ2v) is 9.02. The fraction of sp³-hybridized carbons (Fsp3) is 0.947. The number of guanidine groups is 1. The summed E-state index contributed by atoms with van der Waals surface area (Å²) in [4.78, 5) is 4.50. The molecule has 0 aromatic carbocycles. The van der Waals surface area contributed by atoms with E-state index < -0.39 is 0 Å². The Hall–Kier alpha value is 0.270. The number of aliphatic imine (C=N–C) groups is 1. The van der Waals surface area contributed by atoms with Gasteiger partial charge in [0.05, 0.1) is 6.10 Å². The van der Waals surface area contributed by atoms with Gasteiger partial charge < -0.3 is 20.1 Å². The predicted molar refractivity (Wildman–Crippen MR) is 121 cm³/mol. The number of hydrogen-bond donors (Lipinski definition) is 2. The number of thioether (sulfide) groups is 1. The maximum Gasteiger partial charge on any atom is 0.191 e. The molecular formula is C19H36IN3O2S. The van der Waals surface area contributed by atoms with E-state index in [0.717, 1.165) is 51.6 Å². The van der Waals surface area contributed by atoms with Crippen LogP contribution in [0, 0.1) is 5.41 Å². The van der Waals surface area contributed by atoms with E-state index in [1.54, 1.807) is 0 Å². The summed E-state index contributed by atoms with van der Waals surface area (Å²) in [7, 11) is 1.88. The molecule has 0 radical (unpaired) electrons. The zero-order valence-electron chi connectivity index (χ0n) is 16.5. The Labute approximate surface area is 180 Å². The molecule has 0 aromatic rings. The van der Waals surface area contributed by atoms with Crippen LogP contribution in [-0.2, 0) is 9.47 Å². The Morgan fingerprint density at radius 3 is 2.50 bits per heavy atom. The molecule has 2 saturated carbocycles. The van der Waals surface area contributed by atoms with Crippen molar-refractivity contribution in [2.45, 2.75) is 68.8 Å². The van der Waals surface area contributed by atoms with Crippen LogP contribution in [0.3, 0.4) is 0 Å². The fourth-order valence-corrected chi connectivity index (χ4v) is 5.68. The number of nitrogens with zero attached hydrogens (tertiary/aromatic N) is 1. The minimum absolute atomic E-state index is 0. The van der Waals surface area contributed by atoms with Crippen LogP contribution in [0.4, 0.5) is 0 Å². The van der Waals surface area contributed by atoms with Crippen molar-refractivity contribution < 1.29 is 9.47 Å². The monoisotopic (exact) mass is 497 g/mol. The van der Waals surface area contributed by atoms with Crippen molar-refractivity contribution in [1.82, 2.24) is 10.6 Å².